The molecule has 4 rings (SSSR count). The molecule has 3 aromatic rings. The van der Waals surface area contributed by atoms with Crippen LogP contribution in [0.15, 0.2) is 63.9 Å². The fourth-order valence-electron chi connectivity index (χ4n) is 4.19. The van der Waals surface area contributed by atoms with Gasteiger partial charge in [-0.25, -0.2) is 9.89 Å². The van der Waals surface area contributed by atoms with Gasteiger partial charge in [-0.15, -0.1) is 0 Å². The van der Waals surface area contributed by atoms with Gasteiger partial charge >= 0.3 is 5.69 Å². The first-order valence-corrected chi connectivity index (χ1v) is 11.2. The fourth-order valence-corrected chi connectivity index (χ4v) is 4.64. The number of nitrogens with one attached hydrogen (secondary N) is 2. The summed E-state index contributed by atoms with van der Waals surface area (Å²) in [6.45, 7) is 3.98. The average Bonchev–Trinajstić information content (AvgIpc) is 3.18. The molecule has 0 unspecified atom stereocenters. The van der Waals surface area contributed by atoms with Crippen molar-refractivity contribution in [2.45, 2.75) is 31.2 Å². The summed E-state index contributed by atoms with van der Waals surface area (Å²) in [6.07, 6.45) is 2.94. The first-order chi connectivity index (χ1) is 14.6. The van der Waals surface area contributed by atoms with E-state index in [0.29, 0.717) is 19.0 Å². The molecule has 1 saturated heterocycles. The van der Waals surface area contributed by atoms with E-state index in [-0.39, 0.29) is 11.1 Å². The lowest BCUT2D eigenvalue weighted by molar-refractivity contribution is 0.0437. The molecule has 1 aliphatic heterocycles. The summed E-state index contributed by atoms with van der Waals surface area (Å²) in [7, 11) is 0. The Morgan fingerprint density at radius 1 is 1.10 bits per heavy atom. The van der Waals surface area contributed by atoms with Crippen LogP contribution in [-0.4, -0.2) is 46.4 Å². The number of likely N-dealkylation sites (tertiary alicyclic amines) is 1. The van der Waals surface area contributed by atoms with Crippen molar-refractivity contribution in [1.82, 2.24) is 20.1 Å². The summed E-state index contributed by atoms with van der Waals surface area (Å²) in [5, 5.41) is 6.48. The van der Waals surface area contributed by atoms with E-state index < -0.39 is 0 Å². The SMILES string of the molecule is O=c1[nH]nc(CN2CCC(COCCc3cccc(Br)c3)(c3ccccc3)CC2)[nH]1. The maximum atomic E-state index is 11.3. The van der Waals surface area contributed by atoms with Crippen molar-refractivity contribution in [3.05, 3.63) is 86.5 Å². The molecule has 0 saturated carbocycles. The summed E-state index contributed by atoms with van der Waals surface area (Å²) in [5.41, 5.74) is 2.40. The number of aromatic amines is 2. The summed E-state index contributed by atoms with van der Waals surface area (Å²) < 4.78 is 7.34. The van der Waals surface area contributed by atoms with Gasteiger partial charge in [-0.2, -0.15) is 5.10 Å². The van der Waals surface area contributed by atoms with Crippen LogP contribution in [0.3, 0.4) is 0 Å². The standard InChI is InChI=1S/C23H27BrN4O2/c24-20-8-4-5-18(15-20)9-14-30-17-23(19-6-2-1-3-7-19)10-12-28(13-11-23)16-21-25-22(29)27-26-21/h1-8,15H,9-14,16-17H2,(H2,25,26,27,29). The Morgan fingerprint density at radius 2 is 1.90 bits per heavy atom. The van der Waals surface area contributed by atoms with Gasteiger partial charge in [-0.1, -0.05) is 58.4 Å². The van der Waals surface area contributed by atoms with Gasteiger partial charge in [0.2, 0.25) is 0 Å². The Hall–Kier alpha value is -2.22. The molecule has 0 aliphatic carbocycles. The molecule has 0 spiro atoms. The maximum Gasteiger partial charge on any atom is 0.340 e. The van der Waals surface area contributed by atoms with Crippen LogP contribution >= 0.6 is 15.9 Å². The highest BCUT2D eigenvalue weighted by atomic mass is 79.9. The largest absolute Gasteiger partial charge is 0.380 e. The Morgan fingerprint density at radius 3 is 2.60 bits per heavy atom. The van der Waals surface area contributed by atoms with Crippen LogP contribution in [0.2, 0.25) is 0 Å². The van der Waals surface area contributed by atoms with E-state index in [0.717, 1.165) is 43.4 Å². The van der Waals surface area contributed by atoms with E-state index >= 15 is 0 Å². The Kier molecular flexibility index (Phi) is 6.82. The molecule has 0 amide bonds. The predicted octanol–water partition coefficient (Wildman–Crippen LogP) is 3.65. The zero-order valence-electron chi connectivity index (χ0n) is 16.9. The molecule has 6 nitrogen and oxygen atoms in total. The van der Waals surface area contributed by atoms with Crippen molar-refractivity contribution in [1.29, 1.82) is 0 Å². The highest BCUT2D eigenvalue weighted by molar-refractivity contribution is 9.10. The van der Waals surface area contributed by atoms with Gasteiger partial charge in [0.05, 0.1) is 19.8 Å². The number of hydrogen-bond acceptors (Lipinski definition) is 4. The van der Waals surface area contributed by atoms with Crippen LogP contribution in [0, 0.1) is 0 Å². The highest BCUT2D eigenvalue weighted by Crippen LogP contribution is 2.36. The van der Waals surface area contributed by atoms with E-state index in [1.54, 1.807) is 0 Å². The summed E-state index contributed by atoms with van der Waals surface area (Å²) >= 11 is 3.53. The molecule has 0 atom stereocenters. The number of nitrogens with zero attached hydrogens (tertiary/aromatic N) is 2. The minimum Gasteiger partial charge on any atom is -0.380 e. The average molecular weight is 471 g/mol. The number of piperidine rings is 1. The number of benzene rings is 2. The topological polar surface area (TPSA) is 74.0 Å². The second-order valence-electron chi connectivity index (χ2n) is 7.98. The van der Waals surface area contributed by atoms with Gasteiger partial charge in [0.25, 0.3) is 0 Å². The Balaban J connectivity index is 1.37. The second-order valence-corrected chi connectivity index (χ2v) is 8.90. The molecule has 2 N–H and O–H groups in total. The van der Waals surface area contributed by atoms with E-state index in [9.17, 15) is 4.79 Å². The van der Waals surface area contributed by atoms with Crippen molar-refractivity contribution >= 4 is 15.9 Å². The maximum absolute atomic E-state index is 11.3. The van der Waals surface area contributed by atoms with Crippen LogP contribution in [0.4, 0.5) is 0 Å². The lowest BCUT2D eigenvalue weighted by Gasteiger charge is -2.42. The predicted molar refractivity (Wildman–Crippen MR) is 121 cm³/mol. The number of H-pyrrole nitrogens is 2. The summed E-state index contributed by atoms with van der Waals surface area (Å²) in [6, 6.07) is 19.1. The van der Waals surface area contributed by atoms with Crippen molar-refractivity contribution in [3.8, 4) is 0 Å². The minimum absolute atomic E-state index is 0.0218. The first kappa shape index (κ1) is 21.0. The van der Waals surface area contributed by atoms with E-state index in [4.69, 9.17) is 4.74 Å². The Labute approximate surface area is 184 Å². The molecular weight excluding hydrogens is 444 g/mol. The van der Waals surface area contributed by atoms with Gasteiger partial charge in [-0.05, 0) is 55.6 Å². The van der Waals surface area contributed by atoms with Gasteiger partial charge < -0.3 is 4.74 Å². The van der Waals surface area contributed by atoms with Crippen LogP contribution in [0.1, 0.15) is 29.8 Å². The normalized spacial score (nSPS) is 16.6. The van der Waals surface area contributed by atoms with Crippen LogP contribution < -0.4 is 5.69 Å². The fraction of sp³-hybridized carbons (Fsp3) is 0.391. The van der Waals surface area contributed by atoms with Crippen molar-refractivity contribution < 1.29 is 4.74 Å². The zero-order valence-corrected chi connectivity index (χ0v) is 18.5. The number of rotatable bonds is 8. The van der Waals surface area contributed by atoms with Crippen LogP contribution in [0.5, 0.6) is 0 Å². The van der Waals surface area contributed by atoms with Gasteiger partial charge in [-0.3, -0.25) is 9.88 Å². The number of aromatic nitrogens is 3. The molecule has 1 fully saturated rings. The highest BCUT2D eigenvalue weighted by Gasteiger charge is 2.36. The van der Waals surface area contributed by atoms with Gasteiger partial charge in [0.15, 0.2) is 0 Å². The smallest absolute Gasteiger partial charge is 0.340 e. The van der Waals surface area contributed by atoms with E-state index in [1.807, 2.05) is 6.07 Å². The molecule has 7 heteroatoms. The van der Waals surface area contributed by atoms with Gasteiger partial charge in [0.1, 0.15) is 5.82 Å². The van der Waals surface area contributed by atoms with Crippen LogP contribution in [0.25, 0.3) is 0 Å². The molecular formula is C23H27BrN4O2. The van der Waals surface area contributed by atoms with Gasteiger partial charge in [0, 0.05) is 9.89 Å². The van der Waals surface area contributed by atoms with E-state index in [1.165, 1.54) is 11.1 Å². The third-order valence-electron chi connectivity index (χ3n) is 5.93. The molecule has 158 valence electrons. The molecule has 0 radical (unpaired) electrons. The summed E-state index contributed by atoms with van der Waals surface area (Å²) in [5.74, 6) is 0.692. The molecule has 2 heterocycles. The second kappa shape index (κ2) is 9.73. The van der Waals surface area contributed by atoms with Crippen molar-refractivity contribution in [2.24, 2.45) is 0 Å². The number of ether oxygens (including phenoxy) is 1. The monoisotopic (exact) mass is 470 g/mol. The molecule has 0 bridgehead atoms. The van der Waals surface area contributed by atoms with E-state index in [2.05, 4.69) is 84.5 Å². The molecule has 30 heavy (non-hydrogen) atoms. The first-order valence-electron chi connectivity index (χ1n) is 10.4. The van der Waals surface area contributed by atoms with Crippen LogP contribution in [-0.2, 0) is 23.1 Å². The third-order valence-corrected chi connectivity index (χ3v) is 6.42. The lowest BCUT2D eigenvalue weighted by atomic mass is 9.73. The lowest BCUT2D eigenvalue weighted by Crippen LogP contribution is -2.45. The van der Waals surface area contributed by atoms with Crippen molar-refractivity contribution in [3.63, 3.8) is 0 Å². The minimum atomic E-state index is -0.250. The summed E-state index contributed by atoms with van der Waals surface area (Å²) in [4.78, 5) is 16.4. The molecule has 1 aromatic heterocycles. The number of halogens is 1. The molecule has 2 aromatic carbocycles. The third kappa shape index (κ3) is 5.28. The van der Waals surface area contributed by atoms with Crippen molar-refractivity contribution in [2.75, 3.05) is 26.3 Å². The quantitative estimate of drug-likeness (QED) is 0.492. The zero-order chi connectivity index (χ0) is 20.8. The molecule has 1 aliphatic rings. The Bertz CT molecular complexity index is 993. The number of hydrogen-bond donors (Lipinski definition) is 2.